The topological polar surface area (TPSA) is 12.0 Å². The highest BCUT2D eigenvalue weighted by atomic mass is 35.5. The molecule has 9 heavy (non-hydrogen) atoms. The van der Waals surface area contributed by atoms with Crippen LogP contribution in [0.4, 0.5) is 5.69 Å². The van der Waals surface area contributed by atoms with Crippen molar-refractivity contribution in [2.75, 3.05) is 5.23 Å². The van der Waals surface area contributed by atoms with E-state index in [1.165, 1.54) is 0 Å². The van der Waals surface area contributed by atoms with Crippen LogP contribution in [-0.2, 0) is 0 Å². The predicted octanol–water partition coefficient (Wildman–Crippen LogP) is 1.84. The van der Waals surface area contributed by atoms with Gasteiger partial charge in [-0.15, -0.1) is 0 Å². The normalized spacial score (nSPS) is 9.00. The highest BCUT2D eigenvalue weighted by molar-refractivity contribution is 6.30. The molecule has 0 spiro atoms. The van der Waals surface area contributed by atoms with E-state index in [0.29, 0.717) is 5.02 Å². The lowest BCUT2D eigenvalue weighted by Crippen LogP contribution is -1.88. The monoisotopic (exact) mass is 137 g/mol. The van der Waals surface area contributed by atoms with E-state index in [9.17, 15) is 0 Å². The zero-order valence-corrected chi connectivity index (χ0v) is 5.52. The minimum Gasteiger partial charge on any atom is -0.437 e. The van der Waals surface area contributed by atoms with E-state index >= 15 is 0 Å². The molecule has 0 aliphatic carbocycles. The Kier molecular flexibility index (Phi) is 2.01. The van der Waals surface area contributed by atoms with E-state index in [2.05, 4.69) is 5.23 Å². The summed E-state index contributed by atoms with van der Waals surface area (Å²) in [5, 5.41) is 3.21. The molecule has 0 aromatic heterocycles. The minimum absolute atomic E-state index is 0.717. The summed E-state index contributed by atoms with van der Waals surface area (Å²) in [6.45, 7) is 0. The van der Waals surface area contributed by atoms with Crippen LogP contribution in [0.2, 0.25) is 5.02 Å². The van der Waals surface area contributed by atoms with Gasteiger partial charge < -0.3 is 5.23 Å². The Bertz CT molecular complexity index is 185. The van der Waals surface area contributed by atoms with Crippen molar-refractivity contribution in [1.82, 2.24) is 0 Å². The van der Waals surface area contributed by atoms with Crippen LogP contribution in [0.1, 0.15) is 0 Å². The Morgan fingerprint density at radius 1 is 1.22 bits per heavy atom. The van der Waals surface area contributed by atoms with Crippen LogP contribution in [-0.4, -0.2) is 7.98 Å². The Hall–Kier alpha value is -0.625. The number of benzene rings is 1. The van der Waals surface area contributed by atoms with Gasteiger partial charge in [0.1, 0.15) is 0 Å². The maximum Gasteiger partial charge on any atom is 0.222 e. The van der Waals surface area contributed by atoms with Crippen molar-refractivity contribution in [3.8, 4) is 0 Å². The SMILES string of the molecule is [B]Nc1ccc(Cl)cc1. The van der Waals surface area contributed by atoms with E-state index in [1.807, 2.05) is 12.1 Å². The summed E-state index contributed by atoms with van der Waals surface area (Å²) in [5.74, 6) is 0. The second-order valence-electron chi connectivity index (χ2n) is 1.65. The average Bonchev–Trinajstić information content (AvgIpc) is 1.90. The number of halogens is 1. The molecule has 3 heteroatoms. The first-order valence-corrected chi connectivity index (χ1v) is 2.93. The lowest BCUT2D eigenvalue weighted by atomic mass is 10.3. The van der Waals surface area contributed by atoms with Gasteiger partial charge in [0.25, 0.3) is 0 Å². The molecule has 0 aliphatic heterocycles. The van der Waals surface area contributed by atoms with Crippen molar-refractivity contribution in [3.05, 3.63) is 29.3 Å². The molecule has 0 saturated heterocycles. The first-order chi connectivity index (χ1) is 4.33. The number of nitrogens with one attached hydrogen (secondary N) is 1. The summed E-state index contributed by atoms with van der Waals surface area (Å²) >= 11 is 5.60. The van der Waals surface area contributed by atoms with Gasteiger partial charge in [0.15, 0.2) is 0 Å². The predicted molar refractivity (Wildman–Crippen MR) is 40.8 cm³/mol. The van der Waals surface area contributed by atoms with Crippen molar-refractivity contribution < 1.29 is 0 Å². The molecule has 44 valence electrons. The maximum atomic E-state index is 5.60. The summed E-state index contributed by atoms with van der Waals surface area (Å²) in [6, 6.07) is 7.16. The highest BCUT2D eigenvalue weighted by Crippen LogP contribution is 2.11. The van der Waals surface area contributed by atoms with Gasteiger partial charge in [0.05, 0.1) is 0 Å². The van der Waals surface area contributed by atoms with E-state index in [4.69, 9.17) is 19.6 Å². The lowest BCUT2D eigenvalue weighted by molar-refractivity contribution is 1.68. The van der Waals surface area contributed by atoms with Gasteiger partial charge in [0.2, 0.25) is 7.98 Å². The second kappa shape index (κ2) is 2.78. The molecular weight excluding hydrogens is 132 g/mol. The van der Waals surface area contributed by atoms with Gasteiger partial charge in [-0.25, -0.2) is 0 Å². The Morgan fingerprint density at radius 3 is 2.22 bits per heavy atom. The molecule has 1 aromatic carbocycles. The Morgan fingerprint density at radius 2 is 1.78 bits per heavy atom. The zero-order chi connectivity index (χ0) is 6.69. The first-order valence-electron chi connectivity index (χ1n) is 2.55. The van der Waals surface area contributed by atoms with Crippen LogP contribution in [0, 0.1) is 0 Å². The molecule has 1 nitrogen and oxygen atoms in total. The fourth-order valence-electron chi connectivity index (χ4n) is 0.546. The smallest absolute Gasteiger partial charge is 0.222 e. The van der Waals surface area contributed by atoms with Gasteiger partial charge in [-0.1, -0.05) is 11.6 Å². The molecule has 0 atom stereocenters. The Labute approximate surface area is 60.5 Å². The van der Waals surface area contributed by atoms with Crippen LogP contribution >= 0.6 is 11.6 Å². The Balaban J connectivity index is 2.88. The van der Waals surface area contributed by atoms with E-state index in [-0.39, 0.29) is 0 Å². The van der Waals surface area contributed by atoms with Gasteiger partial charge in [-0.2, -0.15) is 0 Å². The third kappa shape index (κ3) is 1.65. The number of rotatable bonds is 1. The molecule has 1 N–H and O–H groups in total. The second-order valence-corrected chi connectivity index (χ2v) is 2.09. The fourth-order valence-corrected chi connectivity index (χ4v) is 0.672. The van der Waals surface area contributed by atoms with Crippen molar-refractivity contribution in [1.29, 1.82) is 0 Å². The molecule has 0 heterocycles. The largest absolute Gasteiger partial charge is 0.437 e. The molecule has 2 radical (unpaired) electrons. The summed E-state index contributed by atoms with van der Waals surface area (Å²) in [7, 11) is 5.11. The van der Waals surface area contributed by atoms with Crippen molar-refractivity contribution in [2.24, 2.45) is 0 Å². The summed E-state index contributed by atoms with van der Waals surface area (Å²) in [4.78, 5) is 0. The van der Waals surface area contributed by atoms with Crippen LogP contribution in [0.5, 0.6) is 0 Å². The van der Waals surface area contributed by atoms with Gasteiger partial charge >= 0.3 is 0 Å². The molecular formula is C6H5BClN. The van der Waals surface area contributed by atoms with E-state index < -0.39 is 0 Å². The van der Waals surface area contributed by atoms with Gasteiger partial charge in [-0.3, -0.25) is 0 Å². The molecule has 0 saturated carbocycles. The van der Waals surface area contributed by atoms with Gasteiger partial charge in [0, 0.05) is 10.7 Å². The molecule has 1 aromatic rings. The van der Waals surface area contributed by atoms with Gasteiger partial charge in [-0.05, 0) is 24.3 Å². The molecule has 0 bridgehead atoms. The van der Waals surface area contributed by atoms with Crippen molar-refractivity contribution in [3.63, 3.8) is 0 Å². The summed E-state index contributed by atoms with van der Waals surface area (Å²) in [6.07, 6.45) is 0. The van der Waals surface area contributed by atoms with Crippen LogP contribution < -0.4 is 5.23 Å². The standard InChI is InChI=1S/C6H5BClN/c7-9-6-3-1-5(8)2-4-6/h1-4,9H. The van der Waals surface area contributed by atoms with Crippen molar-refractivity contribution in [2.45, 2.75) is 0 Å². The summed E-state index contributed by atoms with van der Waals surface area (Å²) < 4.78 is 0. The number of hydrogen-bond donors (Lipinski definition) is 1. The van der Waals surface area contributed by atoms with Crippen LogP contribution in [0.3, 0.4) is 0 Å². The quantitative estimate of drug-likeness (QED) is 0.582. The van der Waals surface area contributed by atoms with Crippen LogP contribution in [0.15, 0.2) is 24.3 Å². The lowest BCUT2D eigenvalue weighted by Gasteiger charge is -1.96. The third-order valence-electron chi connectivity index (χ3n) is 1.01. The molecule has 0 fully saturated rings. The first kappa shape index (κ1) is 6.49. The zero-order valence-electron chi connectivity index (χ0n) is 4.76. The van der Waals surface area contributed by atoms with E-state index in [0.717, 1.165) is 5.69 Å². The average molecular weight is 137 g/mol. The number of anilines is 1. The number of hydrogen-bond acceptors (Lipinski definition) is 1. The van der Waals surface area contributed by atoms with Crippen molar-refractivity contribution >= 4 is 25.3 Å². The van der Waals surface area contributed by atoms with E-state index in [1.54, 1.807) is 12.1 Å². The maximum absolute atomic E-state index is 5.60. The minimum atomic E-state index is 0.717. The molecule has 1 rings (SSSR count). The fraction of sp³-hybridized carbons (Fsp3) is 0. The third-order valence-corrected chi connectivity index (χ3v) is 1.26. The molecule has 0 unspecified atom stereocenters. The van der Waals surface area contributed by atoms with Crippen LogP contribution in [0.25, 0.3) is 0 Å². The molecule has 0 amide bonds. The summed E-state index contributed by atoms with van der Waals surface area (Å²) in [5.41, 5.74) is 0.861. The molecule has 0 aliphatic rings. The highest BCUT2D eigenvalue weighted by Gasteiger charge is 1.85.